The van der Waals surface area contributed by atoms with Crippen molar-refractivity contribution in [2.24, 2.45) is 0 Å². The molecule has 0 aliphatic carbocycles. The third-order valence-electron chi connectivity index (χ3n) is 5.01. The van der Waals surface area contributed by atoms with Crippen LogP contribution in [0.5, 0.6) is 0 Å². The molecule has 0 N–H and O–H groups in total. The van der Waals surface area contributed by atoms with Gasteiger partial charge in [0.05, 0.1) is 5.69 Å². The first-order chi connectivity index (χ1) is 14.1. The lowest BCUT2D eigenvalue weighted by Crippen LogP contribution is -2.17. The normalized spacial score (nSPS) is 11.6. The van der Waals surface area contributed by atoms with Crippen LogP contribution in [0.25, 0.3) is 22.9 Å². The summed E-state index contributed by atoms with van der Waals surface area (Å²) in [5.41, 5.74) is 6.60. The first-order valence-corrected chi connectivity index (χ1v) is 9.77. The Kier molecular flexibility index (Phi) is 6.31. The SMILES string of the molecule is C=C/C=C\C(=C/C)N(c1ccc(C)cc1)c1cc2ccccc2c(C=C)c1C=C. The third kappa shape index (κ3) is 4.00. The minimum Gasteiger partial charge on any atom is -0.310 e. The fraction of sp³-hybridized carbons (Fsp3) is 0.0714. The number of benzene rings is 3. The average molecular weight is 378 g/mol. The van der Waals surface area contributed by atoms with E-state index >= 15 is 0 Å². The molecule has 29 heavy (non-hydrogen) atoms. The highest BCUT2D eigenvalue weighted by Crippen LogP contribution is 2.39. The number of anilines is 2. The van der Waals surface area contributed by atoms with E-state index in [1.54, 1.807) is 6.08 Å². The van der Waals surface area contributed by atoms with Crippen molar-refractivity contribution >= 4 is 34.3 Å². The lowest BCUT2D eigenvalue weighted by atomic mass is 9.95. The van der Waals surface area contributed by atoms with Crippen LogP contribution in [0.3, 0.4) is 0 Å². The highest BCUT2D eigenvalue weighted by Gasteiger charge is 2.18. The van der Waals surface area contributed by atoms with Crippen molar-refractivity contribution in [1.82, 2.24) is 0 Å². The Morgan fingerprint density at radius 3 is 2.21 bits per heavy atom. The van der Waals surface area contributed by atoms with Crippen LogP contribution >= 0.6 is 0 Å². The first-order valence-electron chi connectivity index (χ1n) is 9.77. The summed E-state index contributed by atoms with van der Waals surface area (Å²) in [6, 6.07) is 19.2. The van der Waals surface area contributed by atoms with Crippen molar-refractivity contribution in [1.29, 1.82) is 0 Å². The Morgan fingerprint density at radius 2 is 1.59 bits per heavy atom. The van der Waals surface area contributed by atoms with Gasteiger partial charge in [-0.3, -0.25) is 0 Å². The maximum atomic E-state index is 4.12. The Labute approximate surface area is 174 Å². The van der Waals surface area contributed by atoms with E-state index in [-0.39, 0.29) is 0 Å². The average Bonchev–Trinajstić information content (AvgIpc) is 2.76. The molecule has 0 unspecified atom stereocenters. The van der Waals surface area contributed by atoms with Crippen molar-refractivity contribution in [3.8, 4) is 0 Å². The van der Waals surface area contributed by atoms with Crippen LogP contribution in [-0.2, 0) is 0 Å². The van der Waals surface area contributed by atoms with E-state index in [2.05, 4.69) is 98.3 Å². The molecule has 0 saturated heterocycles. The molecule has 0 fully saturated rings. The second-order valence-corrected chi connectivity index (χ2v) is 6.83. The lowest BCUT2D eigenvalue weighted by molar-refractivity contribution is 1.19. The van der Waals surface area contributed by atoms with Crippen LogP contribution in [-0.4, -0.2) is 0 Å². The number of rotatable bonds is 7. The molecule has 0 aliphatic heterocycles. The van der Waals surface area contributed by atoms with Crippen LogP contribution in [0.15, 0.2) is 104 Å². The minimum absolute atomic E-state index is 1.06. The van der Waals surface area contributed by atoms with Gasteiger partial charge in [-0.2, -0.15) is 0 Å². The van der Waals surface area contributed by atoms with E-state index in [0.717, 1.165) is 28.2 Å². The van der Waals surface area contributed by atoms with Gasteiger partial charge < -0.3 is 4.90 Å². The van der Waals surface area contributed by atoms with E-state index in [4.69, 9.17) is 0 Å². The molecule has 0 radical (unpaired) electrons. The number of hydrogen-bond donors (Lipinski definition) is 0. The van der Waals surface area contributed by atoms with Gasteiger partial charge in [0.25, 0.3) is 0 Å². The fourth-order valence-electron chi connectivity index (χ4n) is 3.58. The zero-order valence-electron chi connectivity index (χ0n) is 17.2. The van der Waals surface area contributed by atoms with Gasteiger partial charge in [-0.05, 0) is 54.5 Å². The number of nitrogens with zero attached hydrogens (tertiary/aromatic N) is 1. The minimum atomic E-state index is 1.06. The molecule has 0 atom stereocenters. The molecule has 1 heteroatoms. The van der Waals surface area contributed by atoms with Gasteiger partial charge in [0.15, 0.2) is 0 Å². The zero-order valence-corrected chi connectivity index (χ0v) is 17.2. The van der Waals surface area contributed by atoms with E-state index in [1.165, 1.54) is 16.3 Å². The van der Waals surface area contributed by atoms with Crippen molar-refractivity contribution < 1.29 is 0 Å². The van der Waals surface area contributed by atoms with Gasteiger partial charge in [-0.1, -0.05) is 92.1 Å². The first kappa shape index (κ1) is 20.2. The Balaban J connectivity index is 2.38. The van der Waals surface area contributed by atoms with E-state index in [1.807, 2.05) is 25.2 Å². The quantitative estimate of drug-likeness (QED) is 0.375. The van der Waals surface area contributed by atoms with Gasteiger partial charge in [-0.25, -0.2) is 0 Å². The summed E-state index contributed by atoms with van der Waals surface area (Å²) < 4.78 is 0. The maximum absolute atomic E-state index is 4.12. The number of fused-ring (bicyclic) bond motifs is 1. The summed E-state index contributed by atoms with van der Waals surface area (Å²) in [4.78, 5) is 2.26. The highest BCUT2D eigenvalue weighted by molar-refractivity contribution is 6.00. The van der Waals surface area contributed by atoms with E-state index in [9.17, 15) is 0 Å². The largest absolute Gasteiger partial charge is 0.310 e. The number of allylic oxidation sites excluding steroid dienone is 4. The van der Waals surface area contributed by atoms with Crippen molar-refractivity contribution in [3.63, 3.8) is 0 Å². The van der Waals surface area contributed by atoms with Gasteiger partial charge in [0.2, 0.25) is 0 Å². The number of hydrogen-bond acceptors (Lipinski definition) is 1. The van der Waals surface area contributed by atoms with Crippen LogP contribution < -0.4 is 4.90 Å². The summed E-state index contributed by atoms with van der Waals surface area (Å²) in [7, 11) is 0. The van der Waals surface area contributed by atoms with Crippen LogP contribution in [0.1, 0.15) is 23.6 Å². The smallest absolute Gasteiger partial charge is 0.0546 e. The predicted octanol–water partition coefficient (Wildman–Crippen LogP) is 8.22. The third-order valence-corrected chi connectivity index (χ3v) is 5.01. The topological polar surface area (TPSA) is 3.24 Å². The van der Waals surface area contributed by atoms with Crippen molar-refractivity contribution in [2.45, 2.75) is 13.8 Å². The Hall–Kier alpha value is -3.58. The van der Waals surface area contributed by atoms with E-state index in [0.29, 0.717) is 0 Å². The Morgan fingerprint density at radius 1 is 0.897 bits per heavy atom. The molecule has 0 aromatic heterocycles. The molecule has 0 bridgehead atoms. The van der Waals surface area contributed by atoms with Crippen molar-refractivity contribution in [3.05, 3.63) is 121 Å². The second-order valence-electron chi connectivity index (χ2n) is 6.83. The molecule has 3 rings (SSSR count). The van der Waals surface area contributed by atoms with Gasteiger partial charge in [-0.15, -0.1) is 0 Å². The predicted molar refractivity (Wildman–Crippen MR) is 131 cm³/mol. The molecule has 0 spiro atoms. The molecular formula is C28H27N. The van der Waals surface area contributed by atoms with Crippen molar-refractivity contribution in [2.75, 3.05) is 4.90 Å². The van der Waals surface area contributed by atoms with Gasteiger partial charge in [0, 0.05) is 16.9 Å². The summed E-state index contributed by atoms with van der Waals surface area (Å²) >= 11 is 0. The lowest BCUT2D eigenvalue weighted by Gasteiger charge is -2.29. The van der Waals surface area contributed by atoms with Crippen LogP contribution in [0.4, 0.5) is 11.4 Å². The Bertz CT molecular complexity index is 1110. The number of aryl methyl sites for hydroxylation is 1. The fourth-order valence-corrected chi connectivity index (χ4v) is 3.58. The molecule has 3 aromatic rings. The molecule has 0 aliphatic rings. The molecule has 1 nitrogen and oxygen atoms in total. The molecule has 144 valence electrons. The monoisotopic (exact) mass is 377 g/mol. The van der Waals surface area contributed by atoms with Crippen LogP contribution in [0, 0.1) is 6.92 Å². The molecule has 3 aromatic carbocycles. The summed E-state index contributed by atoms with van der Waals surface area (Å²) in [5.74, 6) is 0. The van der Waals surface area contributed by atoms with Gasteiger partial charge in [0.1, 0.15) is 0 Å². The molecule has 0 heterocycles. The van der Waals surface area contributed by atoms with Crippen LogP contribution in [0.2, 0.25) is 0 Å². The maximum Gasteiger partial charge on any atom is 0.0546 e. The molecular weight excluding hydrogens is 350 g/mol. The second kappa shape index (κ2) is 9.07. The highest BCUT2D eigenvalue weighted by atomic mass is 15.1. The molecule has 0 saturated carbocycles. The summed E-state index contributed by atoms with van der Waals surface area (Å²) in [6.07, 6.45) is 11.8. The van der Waals surface area contributed by atoms with E-state index < -0.39 is 0 Å². The summed E-state index contributed by atoms with van der Waals surface area (Å²) in [6.45, 7) is 16.2. The standard InChI is InChI=1S/C28H27N/c1-6-10-14-23(7-2)29(24-18-16-21(5)17-19-24)28-20-22-13-11-12-15-27(22)25(8-3)26(28)9-4/h6-20H,1,3-4H2,2,5H3/b14-10-,23-7+. The zero-order chi connectivity index (χ0) is 20.8. The summed E-state index contributed by atoms with van der Waals surface area (Å²) in [5, 5.41) is 2.34. The van der Waals surface area contributed by atoms with Gasteiger partial charge >= 0.3 is 0 Å². The molecule has 0 amide bonds.